The minimum atomic E-state index is 0.227. The second-order valence-corrected chi connectivity index (χ2v) is 6.25. The maximum absolute atomic E-state index is 5.67. The van der Waals surface area contributed by atoms with Gasteiger partial charge in [-0.1, -0.05) is 39.8 Å². The molecule has 1 rings (SSSR count). The fourth-order valence-corrected chi connectivity index (χ4v) is 2.58. The molecule has 0 heterocycles. The first-order chi connectivity index (χ1) is 7.77. The van der Waals surface area contributed by atoms with Crippen LogP contribution in [-0.4, -0.2) is 6.54 Å². The molecule has 96 valence electrons. The van der Waals surface area contributed by atoms with E-state index in [9.17, 15) is 0 Å². The molecule has 0 aliphatic heterocycles. The summed E-state index contributed by atoms with van der Waals surface area (Å²) in [6, 6.07) is 4.69. The van der Waals surface area contributed by atoms with Crippen molar-refractivity contribution in [3.8, 4) is 0 Å². The summed E-state index contributed by atoms with van der Waals surface area (Å²) in [7, 11) is 0. The topological polar surface area (TPSA) is 26.0 Å². The zero-order valence-electron chi connectivity index (χ0n) is 12.2. The van der Waals surface area contributed by atoms with Crippen LogP contribution in [0.4, 0.5) is 0 Å². The first-order valence-corrected chi connectivity index (χ1v) is 6.59. The first kappa shape index (κ1) is 14.2. The van der Waals surface area contributed by atoms with Crippen LogP contribution in [0.3, 0.4) is 0 Å². The zero-order valence-corrected chi connectivity index (χ0v) is 12.2. The van der Waals surface area contributed by atoms with E-state index in [0.29, 0.717) is 5.92 Å². The van der Waals surface area contributed by atoms with Gasteiger partial charge in [0.1, 0.15) is 0 Å². The fraction of sp³-hybridized carbons (Fsp3) is 0.625. The molecule has 17 heavy (non-hydrogen) atoms. The summed E-state index contributed by atoms with van der Waals surface area (Å²) in [4.78, 5) is 0. The second-order valence-electron chi connectivity index (χ2n) is 6.25. The van der Waals surface area contributed by atoms with Gasteiger partial charge in [0.2, 0.25) is 0 Å². The van der Waals surface area contributed by atoms with E-state index in [1.165, 1.54) is 22.3 Å². The lowest BCUT2D eigenvalue weighted by molar-refractivity contribution is 0.587. The van der Waals surface area contributed by atoms with Crippen molar-refractivity contribution in [2.24, 2.45) is 5.73 Å². The molecule has 1 aromatic rings. The third-order valence-electron chi connectivity index (χ3n) is 3.55. The predicted molar refractivity (Wildman–Crippen MR) is 76.7 cm³/mol. The Kier molecular flexibility index (Phi) is 4.37. The van der Waals surface area contributed by atoms with Crippen molar-refractivity contribution in [1.29, 1.82) is 0 Å². The fourth-order valence-electron chi connectivity index (χ4n) is 2.58. The van der Waals surface area contributed by atoms with Crippen LogP contribution in [0.1, 0.15) is 62.3 Å². The van der Waals surface area contributed by atoms with Crippen LogP contribution in [0.5, 0.6) is 0 Å². The van der Waals surface area contributed by atoms with Crippen LogP contribution in [0.25, 0.3) is 0 Å². The predicted octanol–water partition coefficient (Wildman–Crippen LogP) is 4.05. The highest BCUT2D eigenvalue weighted by Crippen LogP contribution is 2.31. The molecule has 1 aromatic carbocycles. The number of rotatable bonds is 3. The van der Waals surface area contributed by atoms with Crippen molar-refractivity contribution < 1.29 is 0 Å². The lowest BCUT2D eigenvalue weighted by Gasteiger charge is -2.24. The SMILES string of the molecule is Cc1cc(C(C)(C)C)cc(C)c1C(C)CCN. The average molecular weight is 233 g/mol. The van der Waals surface area contributed by atoms with Gasteiger partial charge in [-0.25, -0.2) is 0 Å². The van der Waals surface area contributed by atoms with E-state index in [1.807, 2.05) is 0 Å². The van der Waals surface area contributed by atoms with Gasteiger partial charge in [0.25, 0.3) is 0 Å². The third kappa shape index (κ3) is 3.32. The normalized spacial score (nSPS) is 13.8. The summed E-state index contributed by atoms with van der Waals surface area (Å²) in [5.41, 5.74) is 11.6. The van der Waals surface area contributed by atoms with Gasteiger partial charge in [0, 0.05) is 0 Å². The molecule has 2 N–H and O–H groups in total. The van der Waals surface area contributed by atoms with Gasteiger partial charge >= 0.3 is 0 Å². The van der Waals surface area contributed by atoms with Crippen molar-refractivity contribution in [2.75, 3.05) is 6.54 Å². The van der Waals surface area contributed by atoms with Gasteiger partial charge in [0.15, 0.2) is 0 Å². The molecule has 0 saturated carbocycles. The van der Waals surface area contributed by atoms with Crippen molar-refractivity contribution >= 4 is 0 Å². The van der Waals surface area contributed by atoms with Gasteiger partial charge in [-0.2, -0.15) is 0 Å². The molecule has 0 radical (unpaired) electrons. The number of aryl methyl sites for hydroxylation is 2. The highest BCUT2D eigenvalue weighted by atomic mass is 14.5. The van der Waals surface area contributed by atoms with E-state index in [0.717, 1.165) is 13.0 Å². The Morgan fingerprint density at radius 2 is 1.59 bits per heavy atom. The van der Waals surface area contributed by atoms with E-state index in [1.54, 1.807) is 0 Å². The molecule has 1 heteroatoms. The number of benzene rings is 1. The highest BCUT2D eigenvalue weighted by molar-refractivity contribution is 5.42. The van der Waals surface area contributed by atoms with Crippen molar-refractivity contribution in [3.05, 3.63) is 34.4 Å². The monoisotopic (exact) mass is 233 g/mol. The summed E-state index contributed by atoms with van der Waals surface area (Å²) in [5.74, 6) is 0.564. The molecule has 0 bridgehead atoms. The molecule has 0 amide bonds. The lowest BCUT2D eigenvalue weighted by atomic mass is 9.81. The number of hydrogen-bond acceptors (Lipinski definition) is 1. The van der Waals surface area contributed by atoms with E-state index >= 15 is 0 Å². The second kappa shape index (κ2) is 5.22. The van der Waals surface area contributed by atoms with E-state index in [4.69, 9.17) is 5.73 Å². The van der Waals surface area contributed by atoms with Crippen LogP contribution in [-0.2, 0) is 5.41 Å². The van der Waals surface area contributed by atoms with Crippen LogP contribution in [0.15, 0.2) is 12.1 Å². The minimum absolute atomic E-state index is 0.227. The average Bonchev–Trinajstić information content (AvgIpc) is 2.15. The van der Waals surface area contributed by atoms with E-state index in [2.05, 4.69) is 53.7 Å². The van der Waals surface area contributed by atoms with Gasteiger partial charge in [-0.05, 0) is 60.4 Å². The molecule has 0 aliphatic carbocycles. The molecule has 0 aromatic heterocycles. The van der Waals surface area contributed by atoms with Gasteiger partial charge in [0.05, 0.1) is 0 Å². The quantitative estimate of drug-likeness (QED) is 0.837. The standard InChI is InChI=1S/C16H27N/c1-11(7-8-17)15-12(2)9-14(10-13(15)3)16(4,5)6/h9-11H,7-8,17H2,1-6H3. The van der Waals surface area contributed by atoms with Crippen molar-refractivity contribution in [1.82, 2.24) is 0 Å². The molecule has 0 spiro atoms. The summed E-state index contributed by atoms with van der Waals surface area (Å²) < 4.78 is 0. The Morgan fingerprint density at radius 1 is 1.12 bits per heavy atom. The largest absolute Gasteiger partial charge is 0.330 e. The lowest BCUT2D eigenvalue weighted by Crippen LogP contribution is -2.14. The Hall–Kier alpha value is -0.820. The van der Waals surface area contributed by atoms with Crippen LogP contribution < -0.4 is 5.73 Å². The van der Waals surface area contributed by atoms with Crippen molar-refractivity contribution in [3.63, 3.8) is 0 Å². The molecule has 0 saturated heterocycles. The van der Waals surface area contributed by atoms with Gasteiger partial charge in [-0.3, -0.25) is 0 Å². The van der Waals surface area contributed by atoms with Gasteiger partial charge in [-0.15, -0.1) is 0 Å². The Morgan fingerprint density at radius 3 is 1.94 bits per heavy atom. The number of hydrogen-bond donors (Lipinski definition) is 1. The number of nitrogens with two attached hydrogens (primary N) is 1. The zero-order chi connectivity index (χ0) is 13.2. The molecule has 1 unspecified atom stereocenters. The van der Waals surface area contributed by atoms with E-state index < -0.39 is 0 Å². The molecular formula is C16H27N. The smallest absolute Gasteiger partial charge is 0.00715 e. The third-order valence-corrected chi connectivity index (χ3v) is 3.55. The van der Waals surface area contributed by atoms with E-state index in [-0.39, 0.29) is 5.41 Å². The van der Waals surface area contributed by atoms with Crippen molar-refractivity contribution in [2.45, 2.75) is 59.3 Å². The summed E-state index contributed by atoms with van der Waals surface area (Å²) >= 11 is 0. The summed E-state index contributed by atoms with van der Waals surface area (Å²) in [5, 5.41) is 0. The summed E-state index contributed by atoms with van der Waals surface area (Å²) in [6.07, 6.45) is 1.07. The maximum atomic E-state index is 5.67. The molecule has 0 fully saturated rings. The Labute approximate surface area is 106 Å². The molecule has 1 atom stereocenters. The van der Waals surface area contributed by atoms with Crippen LogP contribution in [0.2, 0.25) is 0 Å². The van der Waals surface area contributed by atoms with Crippen LogP contribution >= 0.6 is 0 Å². The first-order valence-electron chi connectivity index (χ1n) is 6.59. The Bertz CT molecular complexity index is 362. The van der Waals surface area contributed by atoms with Crippen LogP contribution in [0, 0.1) is 13.8 Å². The Balaban J connectivity index is 3.20. The van der Waals surface area contributed by atoms with Gasteiger partial charge < -0.3 is 5.73 Å². The molecule has 0 aliphatic rings. The molecule has 1 nitrogen and oxygen atoms in total. The highest BCUT2D eigenvalue weighted by Gasteiger charge is 2.18. The molecular weight excluding hydrogens is 206 g/mol. The maximum Gasteiger partial charge on any atom is -0.00715 e. The minimum Gasteiger partial charge on any atom is -0.330 e. The summed E-state index contributed by atoms with van der Waals surface area (Å²) in [6.45, 7) is 14.3.